The van der Waals surface area contributed by atoms with Crippen molar-refractivity contribution in [3.63, 3.8) is 0 Å². The first kappa shape index (κ1) is 53.7. The van der Waals surface area contributed by atoms with Crippen molar-refractivity contribution >= 4 is 65.9 Å². The number of hydrogen-bond donors (Lipinski definition) is 13. The lowest BCUT2D eigenvalue weighted by atomic mass is 9.98. The Morgan fingerprint density at radius 1 is 0.656 bits per heavy atom. The van der Waals surface area contributed by atoms with E-state index in [-0.39, 0.29) is 30.4 Å². The Labute approximate surface area is 359 Å². The maximum atomic E-state index is 13.6. The molecule has 21 nitrogen and oxygen atoms in total. The summed E-state index contributed by atoms with van der Waals surface area (Å²) in [5, 5.41) is 55.6. The first-order chi connectivity index (χ1) is 28.6. The fraction of sp³-hybridized carbons (Fsp3) is 0.615. The van der Waals surface area contributed by atoms with E-state index in [0.717, 1.165) is 0 Å². The summed E-state index contributed by atoms with van der Waals surface area (Å²) in [5.74, 6) is -9.93. The number of carbonyl (C=O) groups is 9. The molecular weight excluding hydrogens is 821 g/mol. The van der Waals surface area contributed by atoms with Crippen LogP contribution in [0.2, 0.25) is 0 Å². The number of aliphatic hydroxyl groups excluding tert-OH is 2. The summed E-state index contributed by atoms with van der Waals surface area (Å²) < 4.78 is 0. The average Bonchev–Trinajstić information content (AvgIpc) is 3.20. The molecule has 0 aromatic heterocycles. The number of nitrogens with two attached hydrogens (primary N) is 1. The number of rotatable bonds is 27. The number of thiol groups is 1. The number of amides is 7. The van der Waals surface area contributed by atoms with Crippen LogP contribution in [-0.2, 0) is 49.6 Å². The number of aliphatic carboxylic acids is 2. The lowest BCUT2D eigenvalue weighted by molar-refractivity contribution is -0.142. The first-order valence-electron chi connectivity index (χ1n) is 19.8. The number of aliphatic hydroxyl groups is 2. The normalized spacial score (nSPS) is 16.0. The third-order valence-corrected chi connectivity index (χ3v) is 9.89. The molecule has 0 aliphatic carbocycles. The summed E-state index contributed by atoms with van der Waals surface area (Å²) in [6.07, 6.45) is -2.00. The first-order valence-corrected chi connectivity index (χ1v) is 20.5. The monoisotopic (exact) mass is 882 g/mol. The molecule has 0 spiro atoms. The number of benzene rings is 1. The Kier molecular flexibility index (Phi) is 23.6. The Morgan fingerprint density at radius 3 is 1.67 bits per heavy atom. The fourth-order valence-electron chi connectivity index (χ4n) is 5.60. The van der Waals surface area contributed by atoms with E-state index < -0.39 is 127 Å². The summed E-state index contributed by atoms with van der Waals surface area (Å²) in [6.45, 7) is 8.43. The molecule has 7 amide bonds. The fourth-order valence-corrected chi connectivity index (χ4v) is 5.86. The molecule has 22 heteroatoms. The lowest BCUT2D eigenvalue weighted by Gasteiger charge is -2.28. The summed E-state index contributed by atoms with van der Waals surface area (Å²) in [4.78, 5) is 115. The maximum absolute atomic E-state index is 13.6. The second-order valence-corrected chi connectivity index (χ2v) is 15.5. The molecule has 13 N–H and O–H groups in total. The van der Waals surface area contributed by atoms with E-state index in [1.54, 1.807) is 51.1 Å². The molecule has 0 aliphatic heterocycles. The highest BCUT2D eigenvalue weighted by molar-refractivity contribution is 7.80. The second kappa shape index (κ2) is 26.8. The van der Waals surface area contributed by atoms with Crippen molar-refractivity contribution in [2.24, 2.45) is 17.6 Å². The van der Waals surface area contributed by atoms with Crippen LogP contribution in [0.25, 0.3) is 0 Å². The second-order valence-electron chi connectivity index (χ2n) is 15.1. The van der Waals surface area contributed by atoms with E-state index in [1.807, 2.05) is 6.92 Å². The molecule has 0 saturated carbocycles. The van der Waals surface area contributed by atoms with E-state index in [4.69, 9.17) is 5.73 Å². The van der Waals surface area contributed by atoms with Crippen LogP contribution in [0.15, 0.2) is 30.3 Å². The Bertz CT molecular complexity index is 1670. The van der Waals surface area contributed by atoms with Gasteiger partial charge in [0.15, 0.2) is 0 Å². The topological polar surface area (TPSA) is 345 Å². The van der Waals surface area contributed by atoms with Crippen LogP contribution in [0.4, 0.5) is 0 Å². The van der Waals surface area contributed by atoms with Gasteiger partial charge in [0.25, 0.3) is 0 Å². The number of carboxylic acids is 2. The van der Waals surface area contributed by atoms with E-state index in [0.29, 0.717) is 12.0 Å². The van der Waals surface area contributed by atoms with Gasteiger partial charge in [0.2, 0.25) is 41.4 Å². The summed E-state index contributed by atoms with van der Waals surface area (Å²) >= 11 is 4.06. The summed E-state index contributed by atoms with van der Waals surface area (Å²) in [7, 11) is 0. The van der Waals surface area contributed by atoms with Crippen molar-refractivity contribution in [3.05, 3.63) is 35.9 Å². The Morgan fingerprint density at radius 2 is 1.16 bits per heavy atom. The number of carbonyl (C=O) groups excluding carboxylic acids is 7. The minimum atomic E-state index is -1.75. The zero-order chi connectivity index (χ0) is 46.6. The van der Waals surface area contributed by atoms with Crippen LogP contribution in [0.1, 0.15) is 72.8 Å². The molecule has 61 heavy (non-hydrogen) atoms. The van der Waals surface area contributed by atoms with Gasteiger partial charge in [-0.3, -0.25) is 38.4 Å². The SMILES string of the molecule is CC[C@H](C)[C@H](N)C(=O)N[C@@H](Cc1ccccc1)C(=O)N[C@H](C(=O)N[C@@H](CO)C(=O)N[C@@H](C)C(=O)N[C@@H](CCC(=O)O)C(=O)N[C@@H](CS)C(=O)N[C@@H](CC(C)C)C(=O)O)[C@@H](C)O. The van der Waals surface area contributed by atoms with Crippen molar-refractivity contribution in [3.8, 4) is 0 Å². The van der Waals surface area contributed by atoms with Gasteiger partial charge >= 0.3 is 11.9 Å². The van der Waals surface area contributed by atoms with Crippen molar-refractivity contribution in [1.29, 1.82) is 0 Å². The summed E-state index contributed by atoms with van der Waals surface area (Å²) in [5.41, 5.74) is 6.74. The molecule has 0 bridgehead atoms. The van der Waals surface area contributed by atoms with Crippen LogP contribution in [0, 0.1) is 11.8 Å². The van der Waals surface area contributed by atoms with E-state index in [2.05, 4.69) is 49.8 Å². The van der Waals surface area contributed by atoms with Gasteiger partial charge < -0.3 is 63.4 Å². The van der Waals surface area contributed by atoms with Gasteiger partial charge in [-0.1, -0.05) is 64.4 Å². The molecule has 10 atom stereocenters. The minimum Gasteiger partial charge on any atom is -0.481 e. The van der Waals surface area contributed by atoms with E-state index in [1.165, 1.54) is 13.8 Å². The molecule has 0 heterocycles. The van der Waals surface area contributed by atoms with Gasteiger partial charge in [-0.05, 0) is 44.1 Å². The molecule has 0 fully saturated rings. The van der Waals surface area contributed by atoms with Crippen LogP contribution >= 0.6 is 12.6 Å². The molecule has 1 aromatic carbocycles. The van der Waals surface area contributed by atoms with Gasteiger partial charge in [0.05, 0.1) is 18.8 Å². The third kappa shape index (κ3) is 18.9. The largest absolute Gasteiger partial charge is 0.481 e. The number of nitrogens with one attached hydrogen (secondary N) is 7. The zero-order valence-corrected chi connectivity index (χ0v) is 36.1. The number of hydrogen-bond acceptors (Lipinski definition) is 13. The van der Waals surface area contributed by atoms with Gasteiger partial charge in [0.1, 0.15) is 42.3 Å². The minimum absolute atomic E-state index is 0.0169. The lowest BCUT2D eigenvalue weighted by Crippen LogP contribution is -2.62. The third-order valence-electron chi connectivity index (χ3n) is 9.52. The Balaban J connectivity index is 3.11. The van der Waals surface area contributed by atoms with E-state index in [9.17, 15) is 63.6 Å². The standard InChI is InChI=1S/C39H62N8O13S/c1-7-20(4)30(40)37(57)43-25(16-23-11-9-8-10-12-23)34(54)47-31(22(6)49)38(58)45-27(17-48)35(55)41-21(5)32(52)42-24(13-14-29(50)51)33(53)46-28(18-61)36(56)44-26(39(59)60)15-19(2)3/h8-12,19-22,24-28,30-31,48-49,61H,7,13-18,40H2,1-6H3,(H,41,55)(H,42,52)(H,43,57)(H,44,56)(H,45,58)(H,46,53)(H,47,54)(H,50,51)(H,59,60)/t20-,21-,22+,24-,25-,26-,27-,28-,30-,31-/m0/s1. The number of carboxylic acid groups (broad SMARTS) is 2. The highest BCUT2D eigenvalue weighted by Gasteiger charge is 2.35. The highest BCUT2D eigenvalue weighted by atomic mass is 32.1. The quantitative estimate of drug-likeness (QED) is 0.0401. The predicted octanol–water partition coefficient (Wildman–Crippen LogP) is -2.69. The molecule has 0 unspecified atom stereocenters. The van der Waals surface area contributed by atoms with Crippen LogP contribution in [0.5, 0.6) is 0 Å². The maximum Gasteiger partial charge on any atom is 0.326 e. The smallest absolute Gasteiger partial charge is 0.326 e. The van der Waals surface area contributed by atoms with Crippen LogP contribution in [-0.4, -0.2) is 141 Å². The van der Waals surface area contributed by atoms with Gasteiger partial charge in [-0.15, -0.1) is 0 Å². The molecule has 1 rings (SSSR count). The molecule has 0 radical (unpaired) electrons. The highest BCUT2D eigenvalue weighted by Crippen LogP contribution is 2.10. The van der Waals surface area contributed by atoms with Crippen LogP contribution in [0.3, 0.4) is 0 Å². The zero-order valence-electron chi connectivity index (χ0n) is 35.2. The van der Waals surface area contributed by atoms with Crippen LogP contribution < -0.4 is 43.0 Å². The van der Waals surface area contributed by atoms with Crippen molar-refractivity contribution in [2.75, 3.05) is 12.4 Å². The average molecular weight is 883 g/mol. The molecule has 0 aliphatic rings. The molecule has 1 aromatic rings. The van der Waals surface area contributed by atoms with Gasteiger partial charge in [-0.2, -0.15) is 12.6 Å². The van der Waals surface area contributed by atoms with Crippen molar-refractivity contribution < 1.29 is 63.6 Å². The van der Waals surface area contributed by atoms with Crippen molar-refractivity contribution in [1.82, 2.24) is 37.2 Å². The summed E-state index contributed by atoms with van der Waals surface area (Å²) in [6, 6.07) is -2.77. The molecule has 342 valence electrons. The van der Waals surface area contributed by atoms with Gasteiger partial charge in [0, 0.05) is 18.6 Å². The van der Waals surface area contributed by atoms with E-state index >= 15 is 0 Å². The molecule has 0 saturated heterocycles. The predicted molar refractivity (Wildman–Crippen MR) is 223 cm³/mol. The molecular formula is C39H62N8O13S. The Hall–Kier alpha value is -5.32. The van der Waals surface area contributed by atoms with Gasteiger partial charge in [-0.25, -0.2) is 4.79 Å². The van der Waals surface area contributed by atoms with Crippen molar-refractivity contribution in [2.45, 2.75) is 128 Å².